The Kier molecular flexibility index (Phi) is 6.62. The third kappa shape index (κ3) is 4.70. The van der Waals surface area contributed by atoms with Gasteiger partial charge in [-0.05, 0) is 30.3 Å². The lowest BCUT2D eigenvalue weighted by atomic mass is 10.1. The largest absolute Gasteiger partial charge is 0.497 e. The monoisotopic (exact) mass is 496 g/mol. The Bertz CT molecular complexity index is 1090. The molecule has 2 aromatic rings. The number of guanidine groups is 1. The molecule has 2 unspecified atom stereocenters. The number of nitrogens with one attached hydrogen (secondary N) is 1. The highest BCUT2D eigenvalue weighted by molar-refractivity contribution is 7.99. The number of anilines is 1. The van der Waals surface area contributed by atoms with Crippen LogP contribution >= 0.6 is 11.8 Å². The maximum absolute atomic E-state index is 12.9. The summed E-state index contributed by atoms with van der Waals surface area (Å²) in [7, 11) is 3.34. The number of fused-ring (bicyclic) bond motifs is 1. The van der Waals surface area contributed by atoms with Crippen LogP contribution in [0.25, 0.3) is 0 Å². The number of aromatic nitrogens is 2. The van der Waals surface area contributed by atoms with Crippen LogP contribution in [0.1, 0.15) is 0 Å². The first-order chi connectivity index (χ1) is 17.0. The van der Waals surface area contributed by atoms with Crippen LogP contribution in [0.4, 0.5) is 10.5 Å². The van der Waals surface area contributed by atoms with Crippen LogP contribution < -0.4 is 15.0 Å². The van der Waals surface area contributed by atoms with E-state index in [1.54, 1.807) is 32.6 Å². The summed E-state index contributed by atoms with van der Waals surface area (Å²) < 4.78 is 5.27. The number of ether oxygens (including phenoxy) is 1. The second-order valence-electron chi connectivity index (χ2n) is 8.44. The molecular weight excluding hydrogens is 468 g/mol. The second kappa shape index (κ2) is 9.98. The summed E-state index contributed by atoms with van der Waals surface area (Å²) >= 11 is 1.53. The van der Waals surface area contributed by atoms with E-state index in [0.29, 0.717) is 17.5 Å². The average Bonchev–Trinajstić information content (AvgIpc) is 3.28. The number of amides is 3. The number of hydrogen-bond donors (Lipinski definition) is 1. The van der Waals surface area contributed by atoms with Crippen molar-refractivity contribution >= 4 is 35.3 Å². The summed E-state index contributed by atoms with van der Waals surface area (Å²) in [6, 6.07) is 8.88. The maximum atomic E-state index is 12.9. The number of piperazine rings is 1. The van der Waals surface area contributed by atoms with E-state index in [2.05, 4.69) is 37.2 Å². The third-order valence-electron chi connectivity index (χ3n) is 6.44. The van der Waals surface area contributed by atoms with Crippen LogP contribution in [0.15, 0.2) is 52.9 Å². The molecule has 3 amide bonds. The molecule has 1 aromatic heterocycles. The van der Waals surface area contributed by atoms with Gasteiger partial charge in [0.15, 0.2) is 23.3 Å². The van der Waals surface area contributed by atoms with Crippen molar-refractivity contribution in [1.82, 2.24) is 30.0 Å². The van der Waals surface area contributed by atoms with E-state index in [-0.39, 0.29) is 5.91 Å². The van der Waals surface area contributed by atoms with Crippen LogP contribution in [0.5, 0.6) is 5.75 Å². The maximum Gasteiger partial charge on any atom is 0.325 e. The molecule has 3 aliphatic rings. The van der Waals surface area contributed by atoms with Gasteiger partial charge < -0.3 is 24.3 Å². The lowest BCUT2D eigenvalue weighted by molar-refractivity contribution is -0.127. The number of urea groups is 1. The van der Waals surface area contributed by atoms with E-state index < -0.39 is 18.2 Å². The van der Waals surface area contributed by atoms with Crippen molar-refractivity contribution in [3.8, 4) is 5.75 Å². The first-order valence-corrected chi connectivity index (χ1v) is 12.5. The minimum Gasteiger partial charge on any atom is -0.497 e. The van der Waals surface area contributed by atoms with Crippen molar-refractivity contribution in [2.45, 2.75) is 17.4 Å². The van der Waals surface area contributed by atoms with Crippen LogP contribution in [0, 0.1) is 0 Å². The van der Waals surface area contributed by atoms with Crippen molar-refractivity contribution in [1.29, 1.82) is 0 Å². The first kappa shape index (κ1) is 23.2. The van der Waals surface area contributed by atoms with E-state index >= 15 is 0 Å². The molecule has 12 heteroatoms. The Morgan fingerprint density at radius 1 is 1.06 bits per heavy atom. The van der Waals surface area contributed by atoms with Gasteiger partial charge in [0.25, 0.3) is 5.91 Å². The summed E-state index contributed by atoms with van der Waals surface area (Å²) in [5, 5.41) is 3.15. The fraction of sp³-hybridized carbons (Fsp3) is 0.435. The number of aliphatic imine (C=N–C) groups is 1. The second-order valence-corrected chi connectivity index (χ2v) is 9.50. The molecule has 0 radical (unpaired) electrons. The minimum absolute atomic E-state index is 0.310. The standard InChI is InChI=1S/C23H28N8O3S/c1-28-19-18(20(32)27-23(28)33)31(14-15-35-21-24-8-3-9-25-21)22(26-19)30-12-10-29(11-13-30)16-4-6-17(34-2)7-5-16/h3-9,18-19H,10-15H2,1-2H3,(H,27,32,33). The van der Waals surface area contributed by atoms with Crippen molar-refractivity contribution in [2.24, 2.45) is 4.99 Å². The Morgan fingerprint density at radius 2 is 1.74 bits per heavy atom. The van der Waals surface area contributed by atoms with Gasteiger partial charge in [0.1, 0.15) is 5.75 Å². The van der Waals surface area contributed by atoms with Gasteiger partial charge in [-0.3, -0.25) is 10.1 Å². The lowest BCUT2D eigenvalue weighted by Crippen LogP contribution is -2.64. The predicted octanol–water partition coefficient (Wildman–Crippen LogP) is 0.947. The number of nitrogens with zero attached hydrogens (tertiary/aromatic N) is 7. The number of imide groups is 1. The van der Waals surface area contributed by atoms with Crippen LogP contribution in [0.3, 0.4) is 0 Å². The van der Waals surface area contributed by atoms with E-state index in [4.69, 9.17) is 9.73 Å². The molecule has 1 N–H and O–H groups in total. The highest BCUT2D eigenvalue weighted by Gasteiger charge is 2.49. The SMILES string of the molecule is COc1ccc(N2CCN(C3=NC4C(C(=O)NC(=O)N4C)N3CCSc3ncccn3)CC2)cc1. The van der Waals surface area contributed by atoms with Gasteiger partial charge in [-0.1, -0.05) is 11.8 Å². The molecule has 11 nitrogen and oxygen atoms in total. The number of hydrogen-bond acceptors (Lipinski definition) is 10. The Balaban J connectivity index is 1.30. The highest BCUT2D eigenvalue weighted by atomic mass is 32.2. The number of methoxy groups -OCH3 is 1. The Hall–Kier alpha value is -3.54. The van der Waals surface area contributed by atoms with E-state index in [1.807, 2.05) is 17.0 Å². The van der Waals surface area contributed by atoms with Crippen LogP contribution in [-0.2, 0) is 4.79 Å². The number of carbonyl (C=O) groups is 2. The van der Waals surface area contributed by atoms with Gasteiger partial charge in [-0.25, -0.2) is 19.8 Å². The highest BCUT2D eigenvalue weighted by Crippen LogP contribution is 2.28. The molecule has 0 saturated carbocycles. The van der Waals surface area contributed by atoms with Gasteiger partial charge in [-0.15, -0.1) is 0 Å². The Labute approximate surface area is 208 Å². The zero-order chi connectivity index (χ0) is 24.4. The molecule has 35 heavy (non-hydrogen) atoms. The molecule has 3 aliphatic heterocycles. The smallest absolute Gasteiger partial charge is 0.325 e. The van der Waals surface area contributed by atoms with Gasteiger partial charge in [-0.2, -0.15) is 0 Å². The van der Waals surface area contributed by atoms with Crippen LogP contribution in [-0.4, -0.2) is 107 Å². The molecule has 2 atom stereocenters. The molecular formula is C23H28N8O3S. The molecule has 2 fully saturated rings. The minimum atomic E-state index is -0.551. The van der Waals surface area contributed by atoms with Crippen molar-refractivity contribution < 1.29 is 14.3 Å². The van der Waals surface area contributed by atoms with Gasteiger partial charge >= 0.3 is 6.03 Å². The van der Waals surface area contributed by atoms with Crippen molar-refractivity contribution in [2.75, 3.05) is 57.5 Å². The van der Waals surface area contributed by atoms with Gasteiger partial charge in [0.2, 0.25) is 0 Å². The average molecular weight is 497 g/mol. The number of benzene rings is 1. The van der Waals surface area contributed by atoms with Crippen molar-refractivity contribution in [3.05, 3.63) is 42.7 Å². The quantitative estimate of drug-likeness (QED) is 0.462. The number of carbonyl (C=O) groups excluding carboxylic acids is 2. The number of rotatable bonds is 6. The van der Waals surface area contributed by atoms with Crippen LogP contribution in [0.2, 0.25) is 0 Å². The molecule has 4 heterocycles. The third-order valence-corrected chi connectivity index (χ3v) is 7.30. The summed E-state index contributed by atoms with van der Waals surface area (Å²) in [6.07, 6.45) is 2.89. The molecule has 5 rings (SSSR count). The summed E-state index contributed by atoms with van der Waals surface area (Å²) in [5.41, 5.74) is 1.15. The molecule has 0 spiro atoms. The summed E-state index contributed by atoms with van der Waals surface area (Å²) in [4.78, 5) is 46.6. The fourth-order valence-corrected chi connectivity index (χ4v) is 5.31. The lowest BCUT2D eigenvalue weighted by Gasteiger charge is -2.41. The Morgan fingerprint density at radius 3 is 2.43 bits per heavy atom. The summed E-state index contributed by atoms with van der Waals surface area (Å²) in [5.74, 6) is 1.97. The predicted molar refractivity (Wildman–Crippen MR) is 133 cm³/mol. The summed E-state index contributed by atoms with van der Waals surface area (Å²) in [6.45, 7) is 3.74. The molecule has 1 aromatic carbocycles. The van der Waals surface area contributed by atoms with Gasteiger partial charge in [0.05, 0.1) is 7.11 Å². The van der Waals surface area contributed by atoms with E-state index in [1.165, 1.54) is 16.7 Å². The van der Waals surface area contributed by atoms with Gasteiger partial charge in [0, 0.05) is 63.6 Å². The number of likely N-dealkylation sites (N-methyl/N-ethyl adjacent to an activating group) is 1. The molecule has 0 bridgehead atoms. The fourth-order valence-electron chi connectivity index (χ4n) is 4.57. The molecule has 0 aliphatic carbocycles. The zero-order valence-corrected chi connectivity index (χ0v) is 20.5. The topological polar surface area (TPSA) is 106 Å². The molecule has 184 valence electrons. The first-order valence-electron chi connectivity index (χ1n) is 11.5. The number of thioether (sulfide) groups is 1. The normalized spacial score (nSPS) is 22.2. The van der Waals surface area contributed by atoms with E-state index in [9.17, 15) is 9.59 Å². The molecule has 2 saturated heterocycles. The van der Waals surface area contributed by atoms with Crippen molar-refractivity contribution in [3.63, 3.8) is 0 Å². The zero-order valence-electron chi connectivity index (χ0n) is 19.7. The van der Waals surface area contributed by atoms with E-state index in [0.717, 1.165) is 43.6 Å².